The molecule has 0 saturated heterocycles. The van der Waals surface area contributed by atoms with Crippen LogP contribution in [0.2, 0.25) is 0 Å². The molecule has 0 saturated carbocycles. The van der Waals surface area contributed by atoms with Gasteiger partial charge in [0.25, 0.3) is 0 Å². The maximum Gasteiger partial charge on any atom is 0.194 e. The lowest BCUT2D eigenvalue weighted by Crippen LogP contribution is -2.38. The molecule has 0 bridgehead atoms. The van der Waals surface area contributed by atoms with Crippen LogP contribution in [0.5, 0.6) is 0 Å². The quantitative estimate of drug-likeness (QED) is 0.553. The minimum atomic E-state index is -0.288. The molecule has 3 rings (SSSR count). The molecule has 0 spiro atoms. The van der Waals surface area contributed by atoms with E-state index in [9.17, 15) is 4.39 Å². The standard InChI is InChI=1S/C18H21FN6S/c1-13-23-15(11-26-13)10-24(3)18(20-2)22-9-14-4-5-17(16(19)8-14)25-7-6-21-12-25/h4-8,11-12H,9-10H2,1-3H3,(H,20,22). The summed E-state index contributed by atoms with van der Waals surface area (Å²) >= 11 is 1.63. The van der Waals surface area contributed by atoms with Gasteiger partial charge in [-0.1, -0.05) is 6.07 Å². The zero-order valence-corrected chi connectivity index (χ0v) is 15.8. The third-order valence-electron chi connectivity index (χ3n) is 3.88. The van der Waals surface area contributed by atoms with Gasteiger partial charge in [0.15, 0.2) is 5.96 Å². The van der Waals surface area contributed by atoms with Crippen molar-refractivity contribution in [3.63, 3.8) is 0 Å². The fourth-order valence-electron chi connectivity index (χ4n) is 2.64. The molecular formula is C18H21FN6S. The summed E-state index contributed by atoms with van der Waals surface area (Å²) in [5.74, 6) is 0.443. The van der Waals surface area contributed by atoms with Gasteiger partial charge < -0.3 is 14.8 Å². The fraction of sp³-hybridized carbons (Fsp3) is 0.278. The molecule has 0 aliphatic carbocycles. The molecule has 0 amide bonds. The summed E-state index contributed by atoms with van der Waals surface area (Å²) in [7, 11) is 3.68. The summed E-state index contributed by atoms with van der Waals surface area (Å²) in [5, 5.41) is 6.35. The predicted molar refractivity (Wildman–Crippen MR) is 102 cm³/mol. The number of benzene rings is 1. The van der Waals surface area contributed by atoms with E-state index in [2.05, 4.69) is 20.3 Å². The molecule has 6 nitrogen and oxygen atoms in total. The Balaban J connectivity index is 1.62. The van der Waals surface area contributed by atoms with E-state index < -0.39 is 0 Å². The topological polar surface area (TPSA) is 58.3 Å². The van der Waals surface area contributed by atoms with Crippen LogP contribution in [0.25, 0.3) is 5.69 Å². The van der Waals surface area contributed by atoms with E-state index in [1.54, 1.807) is 47.7 Å². The van der Waals surface area contributed by atoms with Crippen LogP contribution in [0.1, 0.15) is 16.3 Å². The maximum atomic E-state index is 14.3. The molecule has 0 fully saturated rings. The van der Waals surface area contributed by atoms with Gasteiger partial charge in [-0.3, -0.25) is 4.99 Å². The van der Waals surface area contributed by atoms with Gasteiger partial charge >= 0.3 is 0 Å². The SMILES string of the molecule is CN=C(NCc1ccc(-n2ccnc2)c(F)c1)N(C)Cc1csc(C)n1. The number of aliphatic imine (C=N–C) groups is 1. The van der Waals surface area contributed by atoms with Crippen molar-refractivity contribution in [2.24, 2.45) is 4.99 Å². The number of hydrogen-bond acceptors (Lipinski definition) is 4. The molecule has 3 aromatic rings. The van der Waals surface area contributed by atoms with E-state index in [4.69, 9.17) is 0 Å². The van der Waals surface area contributed by atoms with Gasteiger partial charge in [0.2, 0.25) is 0 Å². The number of hydrogen-bond donors (Lipinski definition) is 1. The number of aryl methyl sites for hydroxylation is 1. The normalized spacial score (nSPS) is 11.6. The lowest BCUT2D eigenvalue weighted by atomic mass is 10.2. The Labute approximate surface area is 156 Å². The van der Waals surface area contributed by atoms with Crippen LogP contribution in [0.15, 0.2) is 47.3 Å². The van der Waals surface area contributed by atoms with Crippen LogP contribution in [0, 0.1) is 12.7 Å². The Hall–Kier alpha value is -2.74. The molecule has 2 heterocycles. The molecule has 136 valence electrons. The van der Waals surface area contributed by atoms with Crippen LogP contribution < -0.4 is 5.32 Å². The van der Waals surface area contributed by atoms with Crippen molar-refractivity contribution in [3.8, 4) is 5.69 Å². The third-order valence-corrected chi connectivity index (χ3v) is 4.71. The highest BCUT2D eigenvalue weighted by Crippen LogP contribution is 2.15. The minimum Gasteiger partial charge on any atom is -0.352 e. The van der Waals surface area contributed by atoms with Crippen molar-refractivity contribution >= 4 is 17.3 Å². The largest absolute Gasteiger partial charge is 0.352 e. The third kappa shape index (κ3) is 4.26. The van der Waals surface area contributed by atoms with Gasteiger partial charge in [-0.2, -0.15) is 0 Å². The second-order valence-corrected chi connectivity index (χ2v) is 6.93. The number of halogens is 1. The highest BCUT2D eigenvalue weighted by atomic mass is 32.1. The zero-order valence-electron chi connectivity index (χ0n) is 15.0. The molecule has 1 N–H and O–H groups in total. The Morgan fingerprint density at radius 2 is 2.27 bits per heavy atom. The van der Waals surface area contributed by atoms with Crippen molar-refractivity contribution in [3.05, 3.63) is 64.4 Å². The first-order valence-electron chi connectivity index (χ1n) is 8.16. The number of imidazole rings is 1. The molecule has 1 aromatic carbocycles. The number of nitrogens with zero attached hydrogens (tertiary/aromatic N) is 5. The second kappa shape index (κ2) is 8.09. The van der Waals surface area contributed by atoms with Crippen molar-refractivity contribution in [1.82, 2.24) is 24.8 Å². The van der Waals surface area contributed by atoms with E-state index in [-0.39, 0.29) is 5.82 Å². The van der Waals surface area contributed by atoms with E-state index in [1.165, 1.54) is 6.07 Å². The molecule has 8 heteroatoms. The predicted octanol–water partition coefficient (Wildman–Crippen LogP) is 2.98. The van der Waals surface area contributed by atoms with Crippen molar-refractivity contribution in [1.29, 1.82) is 0 Å². The average molecular weight is 372 g/mol. The molecule has 0 radical (unpaired) electrons. The molecule has 0 atom stereocenters. The van der Waals surface area contributed by atoms with Crippen LogP contribution in [-0.4, -0.2) is 39.5 Å². The number of guanidine groups is 1. The van der Waals surface area contributed by atoms with Crippen molar-refractivity contribution < 1.29 is 4.39 Å². The monoisotopic (exact) mass is 372 g/mol. The number of aromatic nitrogens is 3. The van der Waals surface area contributed by atoms with Crippen LogP contribution in [-0.2, 0) is 13.1 Å². The van der Waals surface area contributed by atoms with Gasteiger partial charge in [0, 0.05) is 38.4 Å². The Bertz CT molecular complexity index is 887. The summed E-state index contributed by atoms with van der Waals surface area (Å²) in [4.78, 5) is 14.7. The molecule has 0 aliphatic rings. The summed E-state index contributed by atoms with van der Waals surface area (Å²) in [6.07, 6.45) is 4.92. The lowest BCUT2D eigenvalue weighted by molar-refractivity contribution is 0.470. The molecule has 26 heavy (non-hydrogen) atoms. The maximum absolute atomic E-state index is 14.3. The van der Waals surface area contributed by atoms with Crippen LogP contribution >= 0.6 is 11.3 Å². The average Bonchev–Trinajstić information content (AvgIpc) is 3.27. The Kier molecular flexibility index (Phi) is 5.62. The van der Waals surface area contributed by atoms with Gasteiger partial charge in [0.05, 0.1) is 29.3 Å². The smallest absolute Gasteiger partial charge is 0.194 e. The number of rotatable bonds is 5. The van der Waals surface area contributed by atoms with E-state index >= 15 is 0 Å². The summed E-state index contributed by atoms with van der Waals surface area (Å²) in [5.41, 5.74) is 2.32. The van der Waals surface area contributed by atoms with Crippen molar-refractivity contribution in [2.45, 2.75) is 20.0 Å². The van der Waals surface area contributed by atoms with Crippen molar-refractivity contribution in [2.75, 3.05) is 14.1 Å². The molecule has 0 unspecified atom stereocenters. The Morgan fingerprint density at radius 3 is 2.88 bits per heavy atom. The zero-order chi connectivity index (χ0) is 18.5. The first-order valence-corrected chi connectivity index (χ1v) is 9.04. The molecule has 0 aliphatic heterocycles. The first-order chi connectivity index (χ1) is 12.6. The second-order valence-electron chi connectivity index (χ2n) is 5.87. The highest BCUT2D eigenvalue weighted by Gasteiger charge is 2.10. The molecule has 2 aromatic heterocycles. The summed E-state index contributed by atoms with van der Waals surface area (Å²) in [6.45, 7) is 3.13. The van der Waals surface area contributed by atoms with Crippen LogP contribution in [0.3, 0.4) is 0 Å². The lowest BCUT2D eigenvalue weighted by Gasteiger charge is -2.21. The number of thiazole rings is 1. The van der Waals surface area contributed by atoms with E-state index in [0.29, 0.717) is 18.8 Å². The van der Waals surface area contributed by atoms with Gasteiger partial charge in [-0.15, -0.1) is 11.3 Å². The first kappa shape index (κ1) is 18.1. The minimum absolute atomic E-state index is 0.288. The summed E-state index contributed by atoms with van der Waals surface area (Å²) < 4.78 is 16.0. The molecular weight excluding hydrogens is 351 g/mol. The fourth-order valence-corrected chi connectivity index (χ4v) is 3.24. The van der Waals surface area contributed by atoms with Gasteiger partial charge in [0.1, 0.15) is 5.82 Å². The van der Waals surface area contributed by atoms with E-state index in [0.717, 1.165) is 22.2 Å². The van der Waals surface area contributed by atoms with Gasteiger partial charge in [-0.05, 0) is 24.6 Å². The van der Waals surface area contributed by atoms with Crippen LogP contribution in [0.4, 0.5) is 4.39 Å². The summed E-state index contributed by atoms with van der Waals surface area (Å²) in [6, 6.07) is 5.17. The van der Waals surface area contributed by atoms with E-state index in [1.807, 2.05) is 30.3 Å². The number of nitrogens with one attached hydrogen (secondary N) is 1. The highest BCUT2D eigenvalue weighted by molar-refractivity contribution is 7.09. The van der Waals surface area contributed by atoms with Gasteiger partial charge in [-0.25, -0.2) is 14.4 Å². The Morgan fingerprint density at radius 1 is 1.42 bits per heavy atom.